The number of carbonyl (C=O) groups excluding carboxylic acids is 3. The van der Waals surface area contributed by atoms with Crippen LogP contribution in [0.3, 0.4) is 0 Å². The van der Waals surface area contributed by atoms with E-state index in [-0.39, 0.29) is 30.3 Å². The molecule has 6 heteroatoms. The van der Waals surface area contributed by atoms with Gasteiger partial charge in [-0.15, -0.1) is 0 Å². The van der Waals surface area contributed by atoms with Gasteiger partial charge in [-0.3, -0.25) is 24.2 Å². The molecule has 0 bridgehead atoms. The quantitative estimate of drug-likeness (QED) is 0.765. The number of benzene rings is 1. The molecule has 134 valence electrons. The maximum absolute atomic E-state index is 12.6. The molecule has 6 nitrogen and oxygen atoms in total. The van der Waals surface area contributed by atoms with E-state index in [2.05, 4.69) is 4.90 Å². The van der Waals surface area contributed by atoms with Crippen LogP contribution in [0.1, 0.15) is 47.4 Å². The summed E-state index contributed by atoms with van der Waals surface area (Å²) in [4.78, 5) is 42.8. The van der Waals surface area contributed by atoms with Crippen LogP contribution in [0.4, 0.5) is 0 Å². The van der Waals surface area contributed by atoms with Gasteiger partial charge >= 0.3 is 0 Å². The molecule has 0 saturated carbocycles. The Kier molecular flexibility index (Phi) is 5.18. The Balaban J connectivity index is 1.67. The van der Waals surface area contributed by atoms with E-state index in [0.29, 0.717) is 30.8 Å². The van der Waals surface area contributed by atoms with Crippen molar-refractivity contribution in [2.45, 2.75) is 26.7 Å². The number of fused-ring (bicyclic) bond motifs is 1. The van der Waals surface area contributed by atoms with Crippen LogP contribution < -0.4 is 0 Å². The van der Waals surface area contributed by atoms with Crippen LogP contribution in [0, 0.1) is 5.92 Å². The molecule has 0 aliphatic carbocycles. The van der Waals surface area contributed by atoms with Crippen molar-refractivity contribution in [1.29, 1.82) is 0 Å². The Morgan fingerprint density at radius 1 is 1.12 bits per heavy atom. The van der Waals surface area contributed by atoms with E-state index in [1.165, 1.54) is 4.90 Å². The van der Waals surface area contributed by atoms with Gasteiger partial charge in [0.2, 0.25) is 5.91 Å². The lowest BCUT2D eigenvalue weighted by Crippen LogP contribution is -2.49. The van der Waals surface area contributed by atoms with Crippen molar-refractivity contribution in [2.75, 3.05) is 32.8 Å². The number of carbonyl (C=O) groups is 3. The average molecular weight is 343 g/mol. The highest BCUT2D eigenvalue weighted by molar-refractivity contribution is 6.21. The van der Waals surface area contributed by atoms with Crippen LogP contribution >= 0.6 is 0 Å². The number of hydrogen-bond donors (Lipinski definition) is 0. The highest BCUT2D eigenvalue weighted by atomic mass is 16.2. The summed E-state index contributed by atoms with van der Waals surface area (Å²) < 4.78 is 0. The van der Waals surface area contributed by atoms with E-state index in [1.54, 1.807) is 24.3 Å². The van der Waals surface area contributed by atoms with Crippen molar-refractivity contribution in [1.82, 2.24) is 14.7 Å². The first-order chi connectivity index (χ1) is 12.1. The van der Waals surface area contributed by atoms with E-state index in [9.17, 15) is 14.4 Å². The molecule has 0 N–H and O–H groups in total. The molecule has 0 spiro atoms. The Labute approximate surface area is 148 Å². The normalized spacial score (nSPS) is 20.7. The van der Waals surface area contributed by atoms with Crippen LogP contribution in [0.15, 0.2) is 24.3 Å². The molecule has 1 saturated heterocycles. The molecule has 1 atom stereocenters. The molecule has 25 heavy (non-hydrogen) atoms. The third-order valence-electron chi connectivity index (χ3n) is 5.15. The molecule has 0 radical (unpaired) electrons. The smallest absolute Gasteiger partial charge is 0.262 e. The summed E-state index contributed by atoms with van der Waals surface area (Å²) in [6.07, 6.45) is 1.77. The second kappa shape index (κ2) is 7.35. The zero-order valence-electron chi connectivity index (χ0n) is 14.9. The van der Waals surface area contributed by atoms with Gasteiger partial charge in [0.25, 0.3) is 11.8 Å². The first-order valence-electron chi connectivity index (χ1n) is 9.03. The molecule has 3 amide bonds. The fourth-order valence-electron chi connectivity index (χ4n) is 3.75. The maximum atomic E-state index is 12.6. The van der Waals surface area contributed by atoms with Gasteiger partial charge in [0.15, 0.2) is 0 Å². The standard InChI is InChI=1S/C19H25N3O3/c1-3-21(4-2)17(23)14-8-7-11-20(12-14)13-22-18(24)15-9-5-6-10-16(15)19(22)25/h5-6,9-10,14H,3-4,7-8,11-13H2,1-2H3/t14-/m1/s1. The summed E-state index contributed by atoms with van der Waals surface area (Å²) in [6, 6.07) is 6.93. The highest BCUT2D eigenvalue weighted by Gasteiger charge is 2.37. The van der Waals surface area contributed by atoms with Crippen LogP contribution in [0.2, 0.25) is 0 Å². The number of imide groups is 1. The second-order valence-electron chi connectivity index (χ2n) is 6.65. The zero-order chi connectivity index (χ0) is 18.0. The summed E-state index contributed by atoms with van der Waals surface area (Å²) in [7, 11) is 0. The first-order valence-corrected chi connectivity index (χ1v) is 9.03. The molecule has 0 unspecified atom stereocenters. The number of hydrogen-bond acceptors (Lipinski definition) is 4. The summed E-state index contributed by atoms with van der Waals surface area (Å²) in [5.41, 5.74) is 0.945. The zero-order valence-corrected chi connectivity index (χ0v) is 14.9. The van der Waals surface area contributed by atoms with E-state index in [0.717, 1.165) is 19.4 Å². The van der Waals surface area contributed by atoms with Gasteiger partial charge < -0.3 is 4.90 Å². The summed E-state index contributed by atoms with van der Waals surface area (Å²) in [6.45, 7) is 7.06. The van der Waals surface area contributed by atoms with Gasteiger partial charge in [-0.05, 0) is 45.4 Å². The minimum atomic E-state index is -0.238. The lowest BCUT2D eigenvalue weighted by Gasteiger charge is -2.35. The van der Waals surface area contributed by atoms with Gasteiger partial charge in [-0.2, -0.15) is 0 Å². The SMILES string of the molecule is CCN(CC)C(=O)[C@@H]1CCCN(CN2C(=O)c3ccccc3C2=O)C1. The van der Waals surface area contributed by atoms with Crippen molar-refractivity contribution < 1.29 is 14.4 Å². The minimum absolute atomic E-state index is 0.0520. The molecule has 2 aliphatic heterocycles. The third-order valence-corrected chi connectivity index (χ3v) is 5.15. The Morgan fingerprint density at radius 3 is 2.28 bits per heavy atom. The third kappa shape index (κ3) is 3.31. The molecule has 3 rings (SSSR count). The van der Waals surface area contributed by atoms with E-state index < -0.39 is 0 Å². The van der Waals surface area contributed by atoms with Crippen LogP contribution in [-0.2, 0) is 4.79 Å². The highest BCUT2D eigenvalue weighted by Crippen LogP contribution is 2.25. The number of nitrogens with zero attached hydrogens (tertiary/aromatic N) is 3. The molecule has 1 aromatic rings. The number of rotatable bonds is 5. The fraction of sp³-hybridized carbons (Fsp3) is 0.526. The predicted octanol–water partition coefficient (Wildman–Crippen LogP) is 1.82. The number of piperidine rings is 1. The Morgan fingerprint density at radius 2 is 1.72 bits per heavy atom. The van der Waals surface area contributed by atoms with E-state index >= 15 is 0 Å². The topological polar surface area (TPSA) is 60.9 Å². The van der Waals surface area contributed by atoms with Crippen molar-refractivity contribution >= 4 is 17.7 Å². The largest absolute Gasteiger partial charge is 0.343 e. The van der Waals surface area contributed by atoms with E-state index in [1.807, 2.05) is 18.7 Å². The number of likely N-dealkylation sites (tertiary alicyclic amines) is 1. The van der Waals surface area contributed by atoms with Crippen molar-refractivity contribution in [2.24, 2.45) is 5.92 Å². The summed E-state index contributed by atoms with van der Waals surface area (Å²) in [5.74, 6) is -0.350. The molecule has 2 aliphatic rings. The second-order valence-corrected chi connectivity index (χ2v) is 6.65. The van der Waals surface area contributed by atoms with Crippen LogP contribution in [0.25, 0.3) is 0 Å². The molecule has 1 fully saturated rings. The molecular formula is C19H25N3O3. The van der Waals surface area contributed by atoms with Gasteiger partial charge in [0.05, 0.1) is 23.7 Å². The van der Waals surface area contributed by atoms with Crippen molar-refractivity contribution in [3.8, 4) is 0 Å². The Hall–Kier alpha value is -2.21. The first kappa shape index (κ1) is 17.6. The lowest BCUT2D eigenvalue weighted by molar-refractivity contribution is -0.137. The van der Waals surface area contributed by atoms with Gasteiger partial charge in [-0.25, -0.2) is 0 Å². The molecule has 0 aromatic heterocycles. The average Bonchev–Trinajstić information content (AvgIpc) is 2.88. The van der Waals surface area contributed by atoms with Crippen LogP contribution in [0.5, 0.6) is 0 Å². The minimum Gasteiger partial charge on any atom is -0.343 e. The Bertz CT molecular complexity index is 649. The predicted molar refractivity (Wildman–Crippen MR) is 94.0 cm³/mol. The lowest BCUT2D eigenvalue weighted by atomic mass is 9.96. The molecule has 1 aromatic carbocycles. The van der Waals surface area contributed by atoms with Crippen molar-refractivity contribution in [3.63, 3.8) is 0 Å². The monoisotopic (exact) mass is 343 g/mol. The number of amides is 3. The van der Waals surface area contributed by atoms with Gasteiger partial charge in [0.1, 0.15) is 0 Å². The van der Waals surface area contributed by atoms with Gasteiger partial charge in [-0.1, -0.05) is 12.1 Å². The maximum Gasteiger partial charge on any atom is 0.262 e. The summed E-state index contributed by atoms with van der Waals surface area (Å²) in [5, 5.41) is 0. The van der Waals surface area contributed by atoms with Gasteiger partial charge in [0, 0.05) is 19.6 Å². The molecular weight excluding hydrogens is 318 g/mol. The fourth-order valence-corrected chi connectivity index (χ4v) is 3.75. The van der Waals surface area contributed by atoms with Crippen LogP contribution in [-0.4, -0.2) is 65.3 Å². The van der Waals surface area contributed by atoms with Crippen molar-refractivity contribution in [3.05, 3.63) is 35.4 Å². The molecule has 2 heterocycles. The summed E-state index contributed by atoms with van der Waals surface area (Å²) >= 11 is 0. The van der Waals surface area contributed by atoms with E-state index in [4.69, 9.17) is 0 Å².